The van der Waals surface area contributed by atoms with E-state index >= 15 is 0 Å². The third kappa shape index (κ3) is 3.56. The molecule has 0 nitrogen and oxygen atoms in total. The molecule has 0 rings (SSSR count). The van der Waals surface area contributed by atoms with Gasteiger partial charge in [-0.25, -0.2) is 4.39 Å². The highest BCUT2D eigenvalue weighted by molar-refractivity contribution is 9.09. The Kier molecular flexibility index (Phi) is 3.54. The zero-order valence-electron chi connectivity index (χ0n) is 3.43. The Balaban J connectivity index is 3.36. The maximum atomic E-state index is 12.1. The van der Waals surface area contributed by atoms with Crippen molar-refractivity contribution in [1.29, 1.82) is 0 Å². The third-order valence-corrected chi connectivity index (χ3v) is 2.43. The van der Waals surface area contributed by atoms with Gasteiger partial charge in [0.25, 0.3) is 0 Å². The van der Waals surface area contributed by atoms with Crippen molar-refractivity contribution in [2.75, 3.05) is 11.2 Å². The molecule has 1 atom stereocenters. The first-order chi connectivity index (χ1) is 3.12. The zero-order valence-corrected chi connectivity index (χ0v) is 6.52. The number of rotatable bonds is 2. The Hall–Kier alpha value is 0.990. The van der Waals surface area contributed by atoms with Crippen LogP contribution in [0.15, 0.2) is 0 Å². The van der Waals surface area contributed by atoms with Gasteiger partial charge in [-0.05, 0) is 0 Å². The van der Waals surface area contributed by atoms with Gasteiger partial charge in [0.15, 0.2) is 0 Å². The fourth-order valence-electron chi connectivity index (χ4n) is 0.0357. The molecule has 0 saturated heterocycles. The highest BCUT2D eigenvalue weighted by Crippen LogP contribution is 2.20. The topological polar surface area (TPSA) is 0 Å². The number of hydrogen-bond donors (Lipinski definition) is 0. The van der Waals surface area contributed by atoms with Crippen LogP contribution in [0.25, 0.3) is 0 Å². The van der Waals surface area contributed by atoms with E-state index in [2.05, 4.69) is 15.9 Å². The van der Waals surface area contributed by atoms with E-state index in [4.69, 9.17) is 23.2 Å². The molecule has 0 bridgehead atoms. The highest BCUT2D eigenvalue weighted by Gasteiger charge is 2.22. The molecule has 44 valence electrons. The van der Waals surface area contributed by atoms with Gasteiger partial charge in [-0.1, -0.05) is 27.5 Å². The highest BCUT2D eigenvalue weighted by atomic mass is 79.9. The van der Waals surface area contributed by atoms with Gasteiger partial charge in [-0.15, -0.1) is 11.6 Å². The van der Waals surface area contributed by atoms with Crippen molar-refractivity contribution in [3.63, 3.8) is 0 Å². The SMILES string of the molecule is FC(Cl)(CCl)CBr. The van der Waals surface area contributed by atoms with Crippen LogP contribution < -0.4 is 0 Å². The van der Waals surface area contributed by atoms with Crippen molar-refractivity contribution >= 4 is 39.1 Å². The summed E-state index contributed by atoms with van der Waals surface area (Å²) in [6.07, 6.45) is 0. The second-order valence-corrected chi connectivity index (χ2v) is 2.63. The number of alkyl halides is 4. The summed E-state index contributed by atoms with van der Waals surface area (Å²) in [5.41, 5.74) is 0. The molecular formula is C3H4BrCl2F. The van der Waals surface area contributed by atoms with Gasteiger partial charge in [0, 0.05) is 0 Å². The normalized spacial score (nSPS) is 18.9. The van der Waals surface area contributed by atoms with Gasteiger partial charge >= 0.3 is 0 Å². The van der Waals surface area contributed by atoms with Crippen molar-refractivity contribution in [2.45, 2.75) is 5.13 Å². The molecule has 0 saturated carbocycles. The molecule has 4 heteroatoms. The fourth-order valence-corrected chi connectivity index (χ4v) is 0.557. The van der Waals surface area contributed by atoms with Gasteiger partial charge in [0.2, 0.25) is 5.13 Å². The van der Waals surface area contributed by atoms with Crippen LogP contribution in [0.1, 0.15) is 0 Å². The van der Waals surface area contributed by atoms with Crippen molar-refractivity contribution in [3.8, 4) is 0 Å². The standard InChI is InChI=1S/C3H4BrCl2F/c4-1-3(6,7)2-5/h1-2H2. The smallest absolute Gasteiger partial charge is 0.206 e. The summed E-state index contributed by atoms with van der Waals surface area (Å²) in [5.74, 6) is -0.181. The van der Waals surface area contributed by atoms with Crippen LogP contribution in [-0.2, 0) is 0 Å². The molecule has 0 heterocycles. The van der Waals surface area contributed by atoms with Crippen LogP contribution in [0.4, 0.5) is 4.39 Å². The van der Waals surface area contributed by atoms with E-state index in [1.807, 2.05) is 0 Å². The van der Waals surface area contributed by atoms with Crippen LogP contribution in [0.5, 0.6) is 0 Å². The quantitative estimate of drug-likeness (QED) is 0.614. The summed E-state index contributed by atoms with van der Waals surface area (Å²) in [5, 5.41) is -1.69. The van der Waals surface area contributed by atoms with Crippen LogP contribution >= 0.6 is 39.1 Å². The molecular weight excluding hydrogens is 206 g/mol. The molecule has 0 aromatic rings. The third-order valence-electron chi connectivity index (χ3n) is 0.391. The minimum absolute atomic E-state index is 0.0745. The van der Waals surface area contributed by atoms with E-state index in [1.165, 1.54) is 0 Å². The van der Waals surface area contributed by atoms with Crippen LogP contribution in [0.3, 0.4) is 0 Å². The zero-order chi connectivity index (χ0) is 5.91. The van der Waals surface area contributed by atoms with Crippen LogP contribution in [0, 0.1) is 0 Å². The molecule has 0 aliphatic carbocycles. The molecule has 7 heavy (non-hydrogen) atoms. The van der Waals surface area contributed by atoms with Gasteiger partial charge in [-0.2, -0.15) is 0 Å². The van der Waals surface area contributed by atoms with E-state index < -0.39 is 5.13 Å². The first-order valence-corrected chi connectivity index (χ1v) is 3.65. The second-order valence-electron chi connectivity index (χ2n) is 1.12. The molecule has 0 spiro atoms. The van der Waals surface area contributed by atoms with Gasteiger partial charge in [-0.3, -0.25) is 0 Å². The maximum Gasteiger partial charge on any atom is 0.206 e. The van der Waals surface area contributed by atoms with E-state index in [0.29, 0.717) is 0 Å². The molecule has 1 unspecified atom stereocenters. The fraction of sp³-hybridized carbons (Fsp3) is 1.00. The van der Waals surface area contributed by atoms with E-state index in [9.17, 15) is 4.39 Å². The van der Waals surface area contributed by atoms with Crippen LogP contribution in [0.2, 0.25) is 0 Å². The first-order valence-electron chi connectivity index (χ1n) is 1.62. The Labute approximate surface area is 60.1 Å². The molecule has 0 radical (unpaired) electrons. The number of halogens is 4. The van der Waals surface area contributed by atoms with E-state index in [0.717, 1.165) is 0 Å². The summed E-state index contributed by atoms with van der Waals surface area (Å²) in [6, 6.07) is 0. The lowest BCUT2D eigenvalue weighted by Gasteiger charge is -2.07. The second kappa shape index (κ2) is 3.10. The summed E-state index contributed by atoms with van der Waals surface area (Å²) >= 11 is 13.0. The predicted molar refractivity (Wildman–Crippen MR) is 34.2 cm³/mol. The number of hydrogen-bond acceptors (Lipinski definition) is 0. The largest absolute Gasteiger partial charge is 0.224 e. The van der Waals surface area contributed by atoms with Crippen molar-refractivity contribution in [3.05, 3.63) is 0 Å². The van der Waals surface area contributed by atoms with Crippen molar-refractivity contribution in [1.82, 2.24) is 0 Å². The Morgan fingerprint density at radius 2 is 2.14 bits per heavy atom. The predicted octanol–water partition coefficient (Wildman–Crippen LogP) is 2.52. The molecule has 0 amide bonds. The summed E-state index contributed by atoms with van der Waals surface area (Å²) < 4.78 is 12.1. The Morgan fingerprint density at radius 3 is 2.14 bits per heavy atom. The molecule has 0 aliphatic heterocycles. The van der Waals surface area contributed by atoms with Crippen LogP contribution in [-0.4, -0.2) is 16.3 Å². The average Bonchev–Trinajstić information content (AvgIpc) is 1.68. The lowest BCUT2D eigenvalue weighted by Crippen LogP contribution is -2.17. The molecule has 0 aromatic heterocycles. The molecule has 0 fully saturated rings. The van der Waals surface area contributed by atoms with E-state index in [1.54, 1.807) is 0 Å². The summed E-state index contributed by atoms with van der Waals surface area (Å²) in [6.45, 7) is 0. The molecule has 0 N–H and O–H groups in total. The van der Waals surface area contributed by atoms with Gasteiger partial charge < -0.3 is 0 Å². The lowest BCUT2D eigenvalue weighted by molar-refractivity contribution is 0.349. The molecule has 0 aromatic carbocycles. The van der Waals surface area contributed by atoms with E-state index in [-0.39, 0.29) is 11.2 Å². The first kappa shape index (κ1) is 7.99. The average molecular weight is 210 g/mol. The molecule has 0 aliphatic rings. The van der Waals surface area contributed by atoms with Gasteiger partial charge in [0.05, 0.1) is 11.2 Å². The summed E-state index contributed by atoms with van der Waals surface area (Å²) in [7, 11) is 0. The van der Waals surface area contributed by atoms with Crippen molar-refractivity contribution < 1.29 is 4.39 Å². The monoisotopic (exact) mass is 208 g/mol. The summed E-state index contributed by atoms with van der Waals surface area (Å²) in [4.78, 5) is 0. The lowest BCUT2D eigenvalue weighted by atomic mass is 10.5. The maximum absolute atomic E-state index is 12.1. The Morgan fingerprint density at radius 1 is 1.71 bits per heavy atom. The van der Waals surface area contributed by atoms with Crippen molar-refractivity contribution in [2.24, 2.45) is 0 Å². The minimum Gasteiger partial charge on any atom is -0.224 e. The Bertz CT molecular complexity index is 50.9. The van der Waals surface area contributed by atoms with Gasteiger partial charge in [0.1, 0.15) is 0 Å². The minimum atomic E-state index is -1.76.